The zero-order valence-corrected chi connectivity index (χ0v) is 12.6. The van der Waals surface area contributed by atoms with E-state index in [1.165, 1.54) is 7.11 Å². The van der Waals surface area contributed by atoms with Crippen LogP contribution in [-0.2, 0) is 14.3 Å². The van der Waals surface area contributed by atoms with E-state index in [2.05, 4.69) is 5.32 Å². The molecule has 0 saturated heterocycles. The van der Waals surface area contributed by atoms with Gasteiger partial charge in [-0.2, -0.15) is 0 Å². The minimum absolute atomic E-state index is 0.00861. The summed E-state index contributed by atoms with van der Waals surface area (Å²) in [6.45, 7) is 3.66. The molecule has 5 heteroatoms. The number of hydrogen-bond donors (Lipinski definition) is 1. The second kappa shape index (κ2) is 6.16. The highest BCUT2D eigenvalue weighted by Gasteiger charge is 2.44. The Bertz CT molecular complexity index is 516. The molecule has 21 heavy (non-hydrogen) atoms. The lowest BCUT2D eigenvalue weighted by Gasteiger charge is -2.28. The normalized spacial score (nSPS) is 22.8. The molecule has 3 atom stereocenters. The molecular formula is C16H21NO4. The van der Waals surface area contributed by atoms with Crippen LogP contribution in [0.4, 0.5) is 0 Å². The third-order valence-corrected chi connectivity index (χ3v) is 3.75. The van der Waals surface area contributed by atoms with E-state index in [0.717, 1.165) is 6.42 Å². The van der Waals surface area contributed by atoms with Crippen LogP contribution >= 0.6 is 0 Å². The molecule has 0 bridgehead atoms. The zero-order valence-electron chi connectivity index (χ0n) is 12.6. The maximum atomic E-state index is 12.1. The molecule has 114 valence electrons. The van der Waals surface area contributed by atoms with Gasteiger partial charge in [0.15, 0.2) is 5.54 Å². The summed E-state index contributed by atoms with van der Waals surface area (Å²) in [5.41, 5.74) is -1.19. The van der Waals surface area contributed by atoms with Gasteiger partial charge in [0.05, 0.1) is 7.11 Å². The van der Waals surface area contributed by atoms with E-state index in [0.29, 0.717) is 11.7 Å². The molecular weight excluding hydrogens is 270 g/mol. The smallest absolute Gasteiger partial charge is 0.334 e. The molecule has 5 nitrogen and oxygen atoms in total. The Morgan fingerprint density at radius 3 is 2.48 bits per heavy atom. The molecule has 1 amide bonds. The largest absolute Gasteiger partial charge is 0.491 e. The van der Waals surface area contributed by atoms with E-state index in [9.17, 15) is 9.59 Å². The molecule has 0 radical (unpaired) electrons. The summed E-state index contributed by atoms with van der Waals surface area (Å²) in [7, 11) is 1.30. The summed E-state index contributed by atoms with van der Waals surface area (Å²) < 4.78 is 10.4. The van der Waals surface area contributed by atoms with Crippen LogP contribution in [0, 0.1) is 11.8 Å². The number of carbonyl (C=O) groups is 2. The first-order valence-electron chi connectivity index (χ1n) is 7.04. The first kappa shape index (κ1) is 15.4. The first-order valence-corrected chi connectivity index (χ1v) is 7.04. The molecule has 1 aromatic carbocycles. The molecule has 1 fully saturated rings. The lowest BCUT2D eigenvalue weighted by atomic mass is 10.0. The number of ether oxygens (including phenoxy) is 2. The van der Waals surface area contributed by atoms with Gasteiger partial charge in [-0.3, -0.25) is 4.79 Å². The molecule has 1 aromatic rings. The van der Waals surface area contributed by atoms with Crippen molar-refractivity contribution in [2.24, 2.45) is 11.8 Å². The average molecular weight is 291 g/mol. The maximum absolute atomic E-state index is 12.1. The van der Waals surface area contributed by atoms with Crippen molar-refractivity contribution in [3.8, 4) is 5.75 Å². The predicted molar refractivity (Wildman–Crippen MR) is 77.8 cm³/mol. The number of rotatable bonds is 6. The van der Waals surface area contributed by atoms with Gasteiger partial charge >= 0.3 is 5.97 Å². The van der Waals surface area contributed by atoms with Crippen molar-refractivity contribution in [1.29, 1.82) is 0 Å². The van der Waals surface area contributed by atoms with Crippen LogP contribution in [0.2, 0.25) is 0 Å². The van der Waals surface area contributed by atoms with Crippen LogP contribution in [0.1, 0.15) is 20.3 Å². The molecule has 0 spiro atoms. The van der Waals surface area contributed by atoms with Gasteiger partial charge in [0, 0.05) is 5.92 Å². The Balaban J connectivity index is 2.02. The monoisotopic (exact) mass is 291 g/mol. The quantitative estimate of drug-likeness (QED) is 0.811. The Morgan fingerprint density at radius 2 is 1.95 bits per heavy atom. The van der Waals surface area contributed by atoms with Crippen molar-refractivity contribution in [3.05, 3.63) is 30.3 Å². The van der Waals surface area contributed by atoms with Gasteiger partial charge in [-0.05, 0) is 31.4 Å². The topological polar surface area (TPSA) is 64.6 Å². The van der Waals surface area contributed by atoms with E-state index < -0.39 is 11.5 Å². The Hall–Kier alpha value is -2.04. The second-order valence-electron chi connectivity index (χ2n) is 5.73. The summed E-state index contributed by atoms with van der Waals surface area (Å²) in [5.74, 6) is 0.376. The van der Waals surface area contributed by atoms with E-state index in [1.54, 1.807) is 19.1 Å². The number of amides is 1. The molecule has 1 saturated carbocycles. The van der Waals surface area contributed by atoms with Crippen molar-refractivity contribution in [1.82, 2.24) is 5.32 Å². The third-order valence-electron chi connectivity index (χ3n) is 3.75. The molecule has 2 rings (SSSR count). The average Bonchev–Trinajstić information content (AvgIpc) is 3.22. The maximum Gasteiger partial charge on any atom is 0.334 e. The first-order chi connectivity index (χ1) is 9.96. The Kier molecular flexibility index (Phi) is 4.50. The number of carbonyl (C=O) groups excluding carboxylic acids is 2. The predicted octanol–water partition coefficient (Wildman–Crippen LogP) is 1.77. The molecule has 0 heterocycles. The van der Waals surface area contributed by atoms with Crippen molar-refractivity contribution < 1.29 is 19.1 Å². The van der Waals surface area contributed by atoms with Gasteiger partial charge in [-0.15, -0.1) is 0 Å². The van der Waals surface area contributed by atoms with Crippen LogP contribution in [0.5, 0.6) is 5.75 Å². The van der Waals surface area contributed by atoms with Gasteiger partial charge in [0.1, 0.15) is 12.4 Å². The van der Waals surface area contributed by atoms with Crippen molar-refractivity contribution >= 4 is 11.9 Å². The highest BCUT2D eigenvalue weighted by Crippen LogP contribution is 2.38. The number of methoxy groups -OCH3 is 1. The van der Waals surface area contributed by atoms with Crippen LogP contribution < -0.4 is 10.1 Å². The van der Waals surface area contributed by atoms with Crippen molar-refractivity contribution in [2.45, 2.75) is 25.8 Å². The minimum Gasteiger partial charge on any atom is -0.491 e. The van der Waals surface area contributed by atoms with Gasteiger partial charge in [0.25, 0.3) is 0 Å². The second-order valence-corrected chi connectivity index (χ2v) is 5.73. The molecule has 0 aromatic heterocycles. The molecule has 1 N–H and O–H groups in total. The molecule has 1 aliphatic rings. The highest BCUT2D eigenvalue weighted by atomic mass is 16.5. The van der Waals surface area contributed by atoms with Gasteiger partial charge in [-0.1, -0.05) is 25.1 Å². The van der Waals surface area contributed by atoms with Crippen molar-refractivity contribution in [2.75, 3.05) is 13.7 Å². The number of nitrogens with one attached hydrogen (secondary N) is 1. The Morgan fingerprint density at radius 1 is 1.33 bits per heavy atom. The fraction of sp³-hybridized carbons (Fsp3) is 0.500. The third kappa shape index (κ3) is 3.74. The van der Waals surface area contributed by atoms with Crippen LogP contribution in [0.15, 0.2) is 30.3 Å². The number of para-hydroxylation sites is 1. The SMILES string of the molecule is COC(=O)[C@](C)(COc1ccccc1)NC(=O)[C@H]1C[C@H]1C. The number of esters is 1. The lowest BCUT2D eigenvalue weighted by molar-refractivity contribution is -0.151. The van der Waals surface area contributed by atoms with Gasteiger partial charge in [0.2, 0.25) is 5.91 Å². The lowest BCUT2D eigenvalue weighted by Crippen LogP contribution is -2.57. The summed E-state index contributed by atoms with van der Waals surface area (Å²) in [6, 6.07) is 9.15. The summed E-state index contributed by atoms with van der Waals surface area (Å²) in [4.78, 5) is 24.1. The van der Waals surface area contributed by atoms with E-state index >= 15 is 0 Å². The fourth-order valence-electron chi connectivity index (χ4n) is 2.17. The molecule has 1 aliphatic carbocycles. The molecule has 0 aliphatic heterocycles. The van der Waals surface area contributed by atoms with Gasteiger partial charge < -0.3 is 14.8 Å². The summed E-state index contributed by atoms with van der Waals surface area (Å²) in [6.07, 6.45) is 0.864. The van der Waals surface area contributed by atoms with E-state index in [4.69, 9.17) is 9.47 Å². The van der Waals surface area contributed by atoms with Crippen molar-refractivity contribution in [3.63, 3.8) is 0 Å². The van der Waals surface area contributed by atoms with Crippen LogP contribution in [0.3, 0.4) is 0 Å². The van der Waals surface area contributed by atoms with Crippen LogP contribution in [0.25, 0.3) is 0 Å². The van der Waals surface area contributed by atoms with Crippen LogP contribution in [-0.4, -0.2) is 31.1 Å². The highest BCUT2D eigenvalue weighted by molar-refractivity contribution is 5.90. The zero-order chi connectivity index (χ0) is 15.5. The van der Waals surface area contributed by atoms with E-state index in [1.807, 2.05) is 25.1 Å². The summed E-state index contributed by atoms with van der Waals surface area (Å²) in [5, 5.41) is 2.77. The standard InChI is InChI=1S/C16H21NO4/c1-11-9-13(11)14(18)17-16(2,15(19)20-3)10-21-12-7-5-4-6-8-12/h4-8,11,13H,9-10H2,1-3H3,(H,17,18)/t11-,13+,16+/m1/s1. The fourth-order valence-corrected chi connectivity index (χ4v) is 2.17. The minimum atomic E-state index is -1.19. The van der Waals surface area contributed by atoms with Gasteiger partial charge in [-0.25, -0.2) is 4.79 Å². The Labute approximate surface area is 124 Å². The molecule has 0 unspecified atom stereocenters. The summed E-state index contributed by atoms with van der Waals surface area (Å²) >= 11 is 0. The number of hydrogen-bond acceptors (Lipinski definition) is 4. The number of benzene rings is 1. The van der Waals surface area contributed by atoms with E-state index in [-0.39, 0.29) is 18.4 Å².